The van der Waals surface area contributed by atoms with Gasteiger partial charge in [-0.05, 0) is 54.6 Å². The lowest BCUT2D eigenvalue weighted by atomic mass is 10.1. The molecule has 0 bridgehead atoms. The molecule has 0 aliphatic carbocycles. The number of anilines is 3. The molecule has 1 aromatic heterocycles. The minimum atomic E-state index is -4.78. The van der Waals surface area contributed by atoms with Crippen molar-refractivity contribution < 1.29 is 27.5 Å². The molecule has 0 aliphatic heterocycles. The van der Waals surface area contributed by atoms with Crippen LogP contribution >= 0.6 is 0 Å². The fraction of sp³-hybridized carbons (Fsp3) is 0.0455. The Morgan fingerprint density at radius 3 is 2.03 bits per heavy atom. The van der Waals surface area contributed by atoms with Crippen LogP contribution in [0.3, 0.4) is 0 Å². The van der Waals surface area contributed by atoms with Gasteiger partial charge in [0.1, 0.15) is 11.6 Å². The highest BCUT2D eigenvalue weighted by molar-refractivity contribution is 6.00. The van der Waals surface area contributed by atoms with Crippen LogP contribution in [0.1, 0.15) is 0 Å². The van der Waals surface area contributed by atoms with E-state index in [1.807, 2.05) is 0 Å². The van der Waals surface area contributed by atoms with Crippen LogP contribution < -0.4 is 20.7 Å². The van der Waals surface area contributed by atoms with Crippen LogP contribution in [0.4, 0.5) is 35.2 Å². The first-order chi connectivity index (χ1) is 15.2. The Labute approximate surface area is 180 Å². The van der Waals surface area contributed by atoms with Crippen molar-refractivity contribution in [2.24, 2.45) is 0 Å². The molecular weight excluding hydrogens is 425 g/mol. The topological polar surface area (TPSA) is 92.4 Å². The minimum absolute atomic E-state index is 0.288. The summed E-state index contributed by atoms with van der Waals surface area (Å²) in [6.07, 6.45) is -3.64. The molecule has 32 heavy (non-hydrogen) atoms. The van der Waals surface area contributed by atoms with Gasteiger partial charge in [-0.25, -0.2) is 9.78 Å². The van der Waals surface area contributed by atoms with Crippen molar-refractivity contribution in [3.05, 3.63) is 79.4 Å². The Balaban J connectivity index is 1.60. The fourth-order valence-electron chi connectivity index (χ4n) is 2.60. The molecule has 164 valence electrons. The van der Waals surface area contributed by atoms with E-state index in [-0.39, 0.29) is 17.3 Å². The molecule has 10 heteroatoms. The van der Waals surface area contributed by atoms with Gasteiger partial charge in [0.05, 0.1) is 5.69 Å². The molecule has 0 radical (unpaired) electrons. The van der Waals surface area contributed by atoms with Gasteiger partial charge < -0.3 is 20.7 Å². The number of urea groups is 1. The van der Waals surface area contributed by atoms with E-state index in [1.54, 1.807) is 42.5 Å². The van der Waals surface area contributed by atoms with Gasteiger partial charge >= 0.3 is 12.4 Å². The highest BCUT2D eigenvalue weighted by Crippen LogP contribution is 2.24. The maximum Gasteiger partial charge on any atom is 0.573 e. The molecule has 3 aromatic rings. The van der Waals surface area contributed by atoms with Crippen LogP contribution in [0.25, 0.3) is 11.3 Å². The zero-order valence-corrected chi connectivity index (χ0v) is 16.4. The summed E-state index contributed by atoms with van der Waals surface area (Å²) in [5.41, 5.74) is 2.14. The van der Waals surface area contributed by atoms with Gasteiger partial charge in [0, 0.05) is 16.9 Å². The number of carbonyl (C=O) groups excluding carboxylic acids is 2. The Morgan fingerprint density at radius 2 is 1.47 bits per heavy atom. The van der Waals surface area contributed by atoms with E-state index in [9.17, 15) is 22.8 Å². The lowest BCUT2D eigenvalue weighted by Gasteiger charge is -2.11. The second-order valence-corrected chi connectivity index (χ2v) is 6.33. The van der Waals surface area contributed by atoms with Crippen LogP contribution in [-0.4, -0.2) is 23.3 Å². The normalized spacial score (nSPS) is 10.7. The number of hydrogen-bond donors (Lipinski definition) is 3. The third kappa shape index (κ3) is 6.59. The van der Waals surface area contributed by atoms with Crippen molar-refractivity contribution in [1.82, 2.24) is 4.98 Å². The summed E-state index contributed by atoms with van der Waals surface area (Å²) in [7, 11) is 0. The van der Waals surface area contributed by atoms with Crippen molar-refractivity contribution in [3.8, 4) is 17.0 Å². The standard InChI is InChI=1S/C22H17F3N4O3/c1-2-20(30)29-19-5-3-4-18(28-19)14-6-8-15(9-7-14)26-21(31)27-16-10-12-17(13-11-16)32-22(23,24)25/h2-13H,1H2,(H2,26,27,31)(H,28,29,30). The lowest BCUT2D eigenvalue weighted by Crippen LogP contribution is -2.19. The second kappa shape index (κ2) is 9.65. The number of rotatable bonds is 6. The number of carbonyl (C=O) groups is 2. The predicted molar refractivity (Wildman–Crippen MR) is 114 cm³/mol. The average molecular weight is 442 g/mol. The number of amides is 3. The van der Waals surface area contributed by atoms with Gasteiger partial charge in [0.25, 0.3) is 0 Å². The maximum atomic E-state index is 12.2. The van der Waals surface area contributed by atoms with E-state index in [4.69, 9.17) is 0 Å². The molecule has 0 spiro atoms. The van der Waals surface area contributed by atoms with Crippen molar-refractivity contribution >= 4 is 29.1 Å². The minimum Gasteiger partial charge on any atom is -0.406 e. The number of alkyl halides is 3. The molecule has 3 N–H and O–H groups in total. The molecular formula is C22H17F3N4O3. The highest BCUT2D eigenvalue weighted by atomic mass is 19.4. The van der Waals surface area contributed by atoms with Crippen LogP contribution in [0.2, 0.25) is 0 Å². The van der Waals surface area contributed by atoms with Crippen LogP contribution in [0, 0.1) is 0 Å². The summed E-state index contributed by atoms with van der Waals surface area (Å²) in [5.74, 6) is -0.385. The quantitative estimate of drug-likeness (QED) is 0.445. The Hall–Kier alpha value is -4.34. The zero-order chi connectivity index (χ0) is 23.1. The molecule has 1 heterocycles. The fourth-order valence-corrected chi connectivity index (χ4v) is 2.60. The van der Waals surface area contributed by atoms with E-state index in [0.29, 0.717) is 17.2 Å². The number of aromatic nitrogens is 1. The molecule has 0 saturated carbocycles. The predicted octanol–water partition coefficient (Wildman–Crippen LogP) is 5.42. The van der Waals surface area contributed by atoms with Gasteiger partial charge in [-0.15, -0.1) is 13.2 Å². The summed E-state index contributed by atoms with van der Waals surface area (Å²) < 4.78 is 40.3. The van der Waals surface area contributed by atoms with Crippen molar-refractivity contribution in [2.75, 3.05) is 16.0 Å². The number of hydrogen-bond acceptors (Lipinski definition) is 4. The Kier molecular flexibility index (Phi) is 6.74. The number of nitrogens with one attached hydrogen (secondary N) is 3. The number of pyridine rings is 1. The van der Waals surface area contributed by atoms with Crippen molar-refractivity contribution in [1.29, 1.82) is 0 Å². The van der Waals surface area contributed by atoms with Gasteiger partial charge in [0.2, 0.25) is 5.91 Å². The van der Waals surface area contributed by atoms with Gasteiger partial charge in [-0.3, -0.25) is 4.79 Å². The molecule has 0 saturated heterocycles. The van der Waals surface area contributed by atoms with Crippen LogP contribution in [-0.2, 0) is 4.79 Å². The summed E-state index contributed by atoms with van der Waals surface area (Å²) in [4.78, 5) is 27.9. The van der Waals surface area contributed by atoms with Gasteiger partial charge in [-0.1, -0.05) is 24.8 Å². The molecule has 0 atom stereocenters. The number of halogens is 3. The summed E-state index contributed by atoms with van der Waals surface area (Å²) >= 11 is 0. The molecule has 0 unspecified atom stereocenters. The Bertz CT molecular complexity index is 1110. The average Bonchev–Trinajstić information content (AvgIpc) is 2.75. The number of benzene rings is 2. The summed E-state index contributed by atoms with van der Waals surface area (Å²) in [5, 5.41) is 7.71. The van der Waals surface area contributed by atoms with Crippen molar-refractivity contribution in [3.63, 3.8) is 0 Å². The number of nitrogens with zero attached hydrogens (tertiary/aromatic N) is 1. The summed E-state index contributed by atoms with van der Waals surface area (Å²) in [6, 6.07) is 16.1. The van der Waals surface area contributed by atoms with Crippen molar-refractivity contribution in [2.45, 2.75) is 6.36 Å². The van der Waals surface area contributed by atoms with Crippen LogP contribution in [0.5, 0.6) is 5.75 Å². The largest absolute Gasteiger partial charge is 0.573 e. The molecule has 2 aromatic carbocycles. The van der Waals surface area contributed by atoms with Gasteiger partial charge in [0.15, 0.2) is 0 Å². The smallest absolute Gasteiger partial charge is 0.406 e. The first-order valence-corrected chi connectivity index (χ1v) is 9.16. The SMILES string of the molecule is C=CC(=O)Nc1cccc(-c2ccc(NC(=O)Nc3ccc(OC(F)(F)F)cc3)cc2)n1. The number of ether oxygens (including phenoxy) is 1. The molecule has 3 rings (SSSR count). The lowest BCUT2D eigenvalue weighted by molar-refractivity contribution is -0.274. The van der Waals surface area contributed by atoms with Crippen LogP contribution in [0.15, 0.2) is 79.4 Å². The molecule has 7 nitrogen and oxygen atoms in total. The highest BCUT2D eigenvalue weighted by Gasteiger charge is 2.30. The van der Waals surface area contributed by atoms with E-state index >= 15 is 0 Å². The first kappa shape index (κ1) is 22.3. The van der Waals surface area contributed by atoms with Gasteiger partial charge in [-0.2, -0.15) is 0 Å². The molecule has 3 amide bonds. The van der Waals surface area contributed by atoms with E-state index in [1.165, 1.54) is 12.1 Å². The third-order valence-electron chi connectivity index (χ3n) is 3.97. The molecule has 0 fully saturated rings. The maximum absolute atomic E-state index is 12.2. The Morgan fingerprint density at radius 1 is 0.875 bits per heavy atom. The monoisotopic (exact) mass is 442 g/mol. The molecule has 0 aliphatic rings. The first-order valence-electron chi connectivity index (χ1n) is 9.16. The van der Waals surface area contributed by atoms with E-state index in [2.05, 4.69) is 32.3 Å². The third-order valence-corrected chi connectivity index (χ3v) is 3.97. The van der Waals surface area contributed by atoms with E-state index < -0.39 is 12.4 Å². The summed E-state index contributed by atoms with van der Waals surface area (Å²) in [6.45, 7) is 3.39. The van der Waals surface area contributed by atoms with E-state index in [0.717, 1.165) is 23.8 Å². The zero-order valence-electron chi connectivity index (χ0n) is 16.4. The second-order valence-electron chi connectivity index (χ2n) is 6.33.